The Morgan fingerprint density at radius 1 is 0.714 bits per heavy atom. The van der Waals surface area contributed by atoms with Crippen molar-refractivity contribution in [2.45, 2.75) is 46.0 Å². The predicted molar refractivity (Wildman–Crippen MR) is 92.7 cm³/mol. The highest BCUT2D eigenvalue weighted by Gasteiger charge is 2.14. The molecule has 0 saturated heterocycles. The van der Waals surface area contributed by atoms with Crippen molar-refractivity contribution in [1.82, 2.24) is 0 Å². The first kappa shape index (κ1) is 15.4. The number of nitrogens with two attached hydrogens (primary N) is 2. The molecule has 0 aliphatic heterocycles. The fourth-order valence-electron chi connectivity index (χ4n) is 3.19. The van der Waals surface area contributed by atoms with Gasteiger partial charge in [0.2, 0.25) is 0 Å². The van der Waals surface area contributed by atoms with Gasteiger partial charge in [0.15, 0.2) is 0 Å². The van der Waals surface area contributed by atoms with E-state index >= 15 is 0 Å². The van der Waals surface area contributed by atoms with Gasteiger partial charge < -0.3 is 11.5 Å². The Bertz CT molecular complexity index is 572. The van der Waals surface area contributed by atoms with E-state index < -0.39 is 0 Å². The summed E-state index contributed by atoms with van der Waals surface area (Å²) in [5, 5.41) is 0. The number of rotatable bonds is 4. The van der Waals surface area contributed by atoms with Crippen LogP contribution in [0.5, 0.6) is 0 Å². The fourth-order valence-corrected chi connectivity index (χ4v) is 3.19. The van der Waals surface area contributed by atoms with Crippen LogP contribution in [0.1, 0.15) is 61.8 Å². The molecule has 0 heterocycles. The van der Waals surface area contributed by atoms with Gasteiger partial charge in [-0.1, -0.05) is 52.0 Å². The highest BCUT2D eigenvalue weighted by molar-refractivity contribution is 5.57. The second kappa shape index (κ2) is 6.21. The standard InChI is InChI=1S/C19H26N2/c1-12(2)18-14(7-5-9-16(18)20)11-15-8-6-10-17(21)19(15)13(3)4/h5-10,12-13H,11,20-21H2,1-4H3. The molecule has 0 aliphatic rings. The second-order valence-corrected chi connectivity index (χ2v) is 6.33. The number of benzene rings is 2. The van der Waals surface area contributed by atoms with Gasteiger partial charge in [-0.15, -0.1) is 0 Å². The Morgan fingerprint density at radius 3 is 1.43 bits per heavy atom. The van der Waals surface area contributed by atoms with Crippen LogP contribution in [0.2, 0.25) is 0 Å². The molecule has 0 bridgehead atoms. The summed E-state index contributed by atoms with van der Waals surface area (Å²) in [7, 11) is 0. The summed E-state index contributed by atoms with van der Waals surface area (Å²) in [4.78, 5) is 0. The molecule has 0 saturated carbocycles. The van der Waals surface area contributed by atoms with Crippen LogP contribution >= 0.6 is 0 Å². The monoisotopic (exact) mass is 282 g/mol. The molecule has 0 radical (unpaired) electrons. The maximum atomic E-state index is 6.18. The SMILES string of the molecule is CC(C)c1c(N)cccc1Cc1cccc(N)c1C(C)C. The molecule has 2 rings (SSSR count). The molecule has 0 fully saturated rings. The number of nitrogen functional groups attached to an aromatic ring is 2. The molecule has 0 aromatic heterocycles. The van der Waals surface area contributed by atoms with E-state index in [1.807, 2.05) is 24.3 Å². The Labute approximate surface area is 128 Å². The van der Waals surface area contributed by atoms with E-state index in [0.717, 1.165) is 17.8 Å². The zero-order valence-electron chi connectivity index (χ0n) is 13.5. The van der Waals surface area contributed by atoms with Crippen molar-refractivity contribution < 1.29 is 0 Å². The third kappa shape index (κ3) is 3.21. The van der Waals surface area contributed by atoms with Crippen LogP contribution in [-0.2, 0) is 6.42 Å². The highest BCUT2D eigenvalue weighted by atomic mass is 14.6. The van der Waals surface area contributed by atoms with Gasteiger partial charge in [-0.25, -0.2) is 0 Å². The average molecular weight is 282 g/mol. The molecule has 2 nitrogen and oxygen atoms in total. The summed E-state index contributed by atoms with van der Waals surface area (Å²) in [6, 6.07) is 12.4. The lowest BCUT2D eigenvalue weighted by Crippen LogP contribution is -2.06. The lowest BCUT2D eigenvalue weighted by atomic mass is 9.87. The minimum Gasteiger partial charge on any atom is -0.398 e. The second-order valence-electron chi connectivity index (χ2n) is 6.33. The van der Waals surface area contributed by atoms with Gasteiger partial charge in [0.1, 0.15) is 0 Å². The van der Waals surface area contributed by atoms with Gasteiger partial charge in [0.25, 0.3) is 0 Å². The smallest absolute Gasteiger partial charge is 0.0352 e. The van der Waals surface area contributed by atoms with Crippen molar-refractivity contribution in [1.29, 1.82) is 0 Å². The summed E-state index contributed by atoms with van der Waals surface area (Å²) >= 11 is 0. The molecule has 2 aromatic carbocycles. The molecule has 0 atom stereocenters. The third-order valence-corrected chi connectivity index (χ3v) is 4.00. The van der Waals surface area contributed by atoms with Crippen molar-refractivity contribution in [3.63, 3.8) is 0 Å². The Balaban J connectivity index is 2.49. The van der Waals surface area contributed by atoms with Crippen molar-refractivity contribution >= 4 is 11.4 Å². The molecule has 0 unspecified atom stereocenters. The van der Waals surface area contributed by atoms with E-state index in [1.165, 1.54) is 22.3 Å². The average Bonchev–Trinajstić information content (AvgIpc) is 2.37. The van der Waals surface area contributed by atoms with E-state index in [0.29, 0.717) is 11.8 Å². The van der Waals surface area contributed by atoms with Crippen molar-refractivity contribution in [2.75, 3.05) is 11.5 Å². The van der Waals surface area contributed by atoms with E-state index in [-0.39, 0.29) is 0 Å². The fraction of sp³-hybridized carbons (Fsp3) is 0.368. The molecule has 4 N–H and O–H groups in total. The van der Waals surface area contributed by atoms with Crippen molar-refractivity contribution in [3.05, 3.63) is 58.7 Å². The predicted octanol–water partition coefficient (Wildman–Crippen LogP) is 4.69. The van der Waals surface area contributed by atoms with Crippen LogP contribution in [0.3, 0.4) is 0 Å². The quantitative estimate of drug-likeness (QED) is 0.799. The molecule has 21 heavy (non-hydrogen) atoms. The summed E-state index contributed by atoms with van der Waals surface area (Å²) in [5.74, 6) is 0.842. The third-order valence-electron chi connectivity index (χ3n) is 4.00. The Hall–Kier alpha value is -1.96. The van der Waals surface area contributed by atoms with Gasteiger partial charge >= 0.3 is 0 Å². The zero-order valence-corrected chi connectivity index (χ0v) is 13.5. The molecule has 0 amide bonds. The van der Waals surface area contributed by atoms with Crippen LogP contribution in [0, 0.1) is 0 Å². The first-order chi connectivity index (χ1) is 9.91. The van der Waals surface area contributed by atoms with E-state index in [4.69, 9.17) is 11.5 Å². The largest absolute Gasteiger partial charge is 0.398 e. The van der Waals surface area contributed by atoms with Gasteiger partial charge in [0.05, 0.1) is 0 Å². The van der Waals surface area contributed by atoms with Crippen molar-refractivity contribution in [2.24, 2.45) is 0 Å². The van der Waals surface area contributed by atoms with E-state index in [9.17, 15) is 0 Å². The lowest BCUT2D eigenvalue weighted by molar-refractivity contribution is 0.834. The summed E-state index contributed by atoms with van der Waals surface area (Å²) in [6.45, 7) is 8.77. The van der Waals surface area contributed by atoms with Gasteiger partial charge in [-0.2, -0.15) is 0 Å². The summed E-state index contributed by atoms with van der Waals surface area (Å²) in [6.07, 6.45) is 0.886. The Kier molecular flexibility index (Phi) is 4.56. The maximum Gasteiger partial charge on any atom is 0.0352 e. The van der Waals surface area contributed by atoms with Crippen LogP contribution in [0.4, 0.5) is 11.4 Å². The Morgan fingerprint density at radius 2 is 1.10 bits per heavy atom. The van der Waals surface area contributed by atoms with E-state index in [1.54, 1.807) is 0 Å². The number of hydrogen-bond donors (Lipinski definition) is 2. The molecular formula is C19H26N2. The summed E-state index contributed by atoms with van der Waals surface area (Å²) < 4.78 is 0. The van der Waals surface area contributed by atoms with Crippen LogP contribution in [0.25, 0.3) is 0 Å². The zero-order chi connectivity index (χ0) is 15.6. The highest BCUT2D eigenvalue weighted by Crippen LogP contribution is 2.31. The first-order valence-electron chi connectivity index (χ1n) is 7.66. The minimum absolute atomic E-state index is 0.421. The van der Waals surface area contributed by atoms with Gasteiger partial charge in [0, 0.05) is 11.4 Å². The molecule has 112 valence electrons. The number of anilines is 2. The number of hydrogen-bond acceptors (Lipinski definition) is 2. The van der Waals surface area contributed by atoms with Crippen LogP contribution in [-0.4, -0.2) is 0 Å². The van der Waals surface area contributed by atoms with Crippen LogP contribution < -0.4 is 11.5 Å². The lowest BCUT2D eigenvalue weighted by Gasteiger charge is -2.19. The molecule has 0 spiro atoms. The van der Waals surface area contributed by atoms with Crippen molar-refractivity contribution in [3.8, 4) is 0 Å². The first-order valence-corrected chi connectivity index (χ1v) is 7.66. The maximum absolute atomic E-state index is 6.18. The van der Waals surface area contributed by atoms with Gasteiger partial charge in [-0.3, -0.25) is 0 Å². The van der Waals surface area contributed by atoms with Gasteiger partial charge in [-0.05, 0) is 52.6 Å². The molecular weight excluding hydrogens is 256 g/mol. The molecule has 2 aromatic rings. The normalized spacial score (nSPS) is 11.3. The minimum atomic E-state index is 0.421. The molecule has 2 heteroatoms. The molecule has 0 aliphatic carbocycles. The van der Waals surface area contributed by atoms with Crippen LogP contribution in [0.15, 0.2) is 36.4 Å². The van der Waals surface area contributed by atoms with E-state index in [2.05, 4.69) is 39.8 Å². The topological polar surface area (TPSA) is 52.0 Å². The summed E-state index contributed by atoms with van der Waals surface area (Å²) in [5.41, 5.74) is 19.3.